The van der Waals surface area contributed by atoms with Crippen LogP contribution in [0.1, 0.15) is 5.56 Å². The average Bonchev–Trinajstić information content (AvgIpc) is 3.15. The maximum atomic E-state index is 10.3. The van der Waals surface area contributed by atoms with Gasteiger partial charge in [0.25, 0.3) is 0 Å². The van der Waals surface area contributed by atoms with Gasteiger partial charge in [0.1, 0.15) is 11.6 Å². The van der Waals surface area contributed by atoms with Crippen LogP contribution < -0.4 is 0 Å². The molecule has 0 unspecified atom stereocenters. The molecule has 2 heterocycles. The van der Waals surface area contributed by atoms with Crippen LogP contribution in [-0.2, 0) is 28.1 Å². The van der Waals surface area contributed by atoms with Gasteiger partial charge in [0, 0.05) is 45.6 Å². The Morgan fingerprint density at radius 3 is 2.47 bits per heavy atom. The number of aryl methyl sites for hydroxylation is 1. The Morgan fingerprint density at radius 2 is 1.72 bits per heavy atom. The van der Waals surface area contributed by atoms with Crippen LogP contribution in [-0.4, -0.2) is 19.6 Å². The third-order valence-corrected chi connectivity index (χ3v) is 5.29. The second-order valence-corrected chi connectivity index (χ2v) is 7.21. The number of imidazole rings is 1. The first kappa shape index (κ1) is 21.5. The predicted octanol–water partition coefficient (Wildman–Crippen LogP) is 5.34. The van der Waals surface area contributed by atoms with Gasteiger partial charge in [-0.25, -0.2) is 4.98 Å². The summed E-state index contributed by atoms with van der Waals surface area (Å²) in [4.78, 5) is 9.27. The number of nitrogens with zero attached hydrogens (tertiary/aromatic N) is 4. The minimum absolute atomic E-state index is 0. The SMILES string of the molecule is Cn1c(-c2ccccc2O)nc2c(-c3[c-]c(-c4ccccn4)ccc3)cc(C#N)cc21.[Pt]. The molecule has 6 heteroatoms. The molecule has 0 bridgehead atoms. The molecule has 5 nitrogen and oxygen atoms in total. The number of hydrogen-bond donors (Lipinski definition) is 1. The summed E-state index contributed by atoms with van der Waals surface area (Å²) in [5, 5.41) is 20.0. The van der Waals surface area contributed by atoms with E-state index >= 15 is 0 Å². The van der Waals surface area contributed by atoms with Crippen molar-refractivity contribution in [2.75, 3.05) is 0 Å². The number of hydrogen-bond acceptors (Lipinski definition) is 4. The van der Waals surface area contributed by atoms with Gasteiger partial charge in [-0.1, -0.05) is 41.5 Å². The fourth-order valence-corrected chi connectivity index (χ4v) is 3.76. The number of phenolic OH excluding ortho intramolecular Hbond substituents is 1. The van der Waals surface area contributed by atoms with Crippen LogP contribution in [0.15, 0.2) is 79.0 Å². The van der Waals surface area contributed by atoms with Crippen molar-refractivity contribution in [1.29, 1.82) is 5.26 Å². The van der Waals surface area contributed by atoms with E-state index < -0.39 is 0 Å². The number of pyridine rings is 1. The van der Waals surface area contributed by atoms with E-state index in [0.717, 1.165) is 33.4 Å². The Morgan fingerprint density at radius 1 is 0.938 bits per heavy atom. The molecule has 0 saturated carbocycles. The van der Waals surface area contributed by atoms with Crippen LogP contribution >= 0.6 is 0 Å². The van der Waals surface area contributed by atoms with Crippen LogP contribution in [0.25, 0.3) is 44.8 Å². The van der Waals surface area contributed by atoms with Crippen LogP contribution in [0.5, 0.6) is 5.75 Å². The Balaban J connectivity index is 0.00000245. The summed E-state index contributed by atoms with van der Waals surface area (Å²) in [7, 11) is 1.88. The Kier molecular flexibility index (Phi) is 5.90. The van der Waals surface area contributed by atoms with Gasteiger partial charge in [0.2, 0.25) is 0 Å². The first-order valence-electron chi connectivity index (χ1n) is 9.79. The minimum atomic E-state index is 0. The molecule has 0 fully saturated rings. The summed E-state index contributed by atoms with van der Waals surface area (Å²) in [6, 6.07) is 28.1. The number of aromatic nitrogens is 3. The van der Waals surface area contributed by atoms with Gasteiger partial charge in [-0.3, -0.25) is 4.98 Å². The fraction of sp³-hybridized carbons (Fsp3) is 0.0385. The van der Waals surface area contributed by atoms with Crippen molar-refractivity contribution in [2.24, 2.45) is 7.05 Å². The van der Waals surface area contributed by atoms with E-state index in [9.17, 15) is 10.4 Å². The topological polar surface area (TPSA) is 74.7 Å². The molecule has 158 valence electrons. The number of rotatable bonds is 3. The molecular weight excluding hydrogens is 579 g/mol. The zero-order valence-electron chi connectivity index (χ0n) is 17.1. The molecule has 0 atom stereocenters. The quantitative estimate of drug-likeness (QED) is 0.286. The molecule has 0 spiro atoms. The maximum absolute atomic E-state index is 10.3. The average molecular weight is 597 g/mol. The molecule has 5 rings (SSSR count). The Hall–Kier alpha value is -3.74. The van der Waals surface area contributed by atoms with Crippen molar-refractivity contribution in [2.45, 2.75) is 0 Å². The zero-order chi connectivity index (χ0) is 21.4. The second kappa shape index (κ2) is 8.78. The van der Waals surface area contributed by atoms with Crippen molar-refractivity contribution in [3.05, 3.63) is 90.6 Å². The van der Waals surface area contributed by atoms with E-state index in [4.69, 9.17) is 4.98 Å². The fourth-order valence-electron chi connectivity index (χ4n) is 3.76. The van der Waals surface area contributed by atoms with E-state index in [1.807, 2.05) is 72.3 Å². The summed E-state index contributed by atoms with van der Waals surface area (Å²) in [5.74, 6) is 0.789. The van der Waals surface area contributed by atoms with Crippen LogP contribution in [0.2, 0.25) is 0 Å². The number of benzene rings is 3. The number of para-hydroxylation sites is 1. The van der Waals surface area contributed by atoms with E-state index in [2.05, 4.69) is 17.1 Å². The summed E-state index contributed by atoms with van der Waals surface area (Å²) in [6.07, 6.45) is 1.75. The van der Waals surface area contributed by atoms with Crippen LogP contribution in [0.3, 0.4) is 0 Å². The molecule has 0 aliphatic rings. The molecule has 2 aromatic heterocycles. The second-order valence-electron chi connectivity index (χ2n) is 7.21. The number of aromatic hydroxyl groups is 1. The summed E-state index contributed by atoms with van der Waals surface area (Å²) in [5.41, 5.74) is 6.05. The molecule has 5 aromatic rings. The van der Waals surface area contributed by atoms with Gasteiger partial charge < -0.3 is 9.67 Å². The Bertz CT molecular complexity index is 1470. The van der Waals surface area contributed by atoms with E-state index in [1.54, 1.807) is 18.3 Å². The van der Waals surface area contributed by atoms with Gasteiger partial charge in [-0.15, -0.1) is 29.8 Å². The molecular formula is C26H17N4OPt-. The van der Waals surface area contributed by atoms with E-state index in [0.29, 0.717) is 17.0 Å². The van der Waals surface area contributed by atoms with Gasteiger partial charge in [-0.2, -0.15) is 5.26 Å². The van der Waals surface area contributed by atoms with Crippen molar-refractivity contribution >= 4 is 11.0 Å². The zero-order valence-corrected chi connectivity index (χ0v) is 19.3. The molecule has 0 radical (unpaired) electrons. The third kappa shape index (κ3) is 3.70. The van der Waals surface area contributed by atoms with Crippen molar-refractivity contribution in [1.82, 2.24) is 14.5 Å². The first-order chi connectivity index (χ1) is 15.2. The van der Waals surface area contributed by atoms with Gasteiger partial charge in [0.15, 0.2) is 0 Å². The number of nitriles is 1. The van der Waals surface area contributed by atoms with E-state index in [1.165, 1.54) is 0 Å². The first-order valence-corrected chi connectivity index (χ1v) is 9.79. The molecule has 0 saturated heterocycles. The van der Waals surface area contributed by atoms with Crippen molar-refractivity contribution < 1.29 is 26.2 Å². The molecule has 3 aromatic carbocycles. The number of phenols is 1. The largest absolute Gasteiger partial charge is 0.507 e. The Labute approximate surface area is 199 Å². The van der Waals surface area contributed by atoms with Gasteiger partial charge in [0.05, 0.1) is 22.7 Å². The summed E-state index contributed by atoms with van der Waals surface area (Å²) < 4.78 is 1.90. The molecule has 0 amide bonds. The monoisotopic (exact) mass is 596 g/mol. The summed E-state index contributed by atoms with van der Waals surface area (Å²) in [6.45, 7) is 0. The molecule has 32 heavy (non-hydrogen) atoms. The summed E-state index contributed by atoms with van der Waals surface area (Å²) >= 11 is 0. The number of fused-ring (bicyclic) bond motifs is 1. The van der Waals surface area contributed by atoms with Gasteiger partial charge in [-0.05, 0) is 24.3 Å². The normalized spacial score (nSPS) is 10.5. The standard InChI is InChI=1S/C26H17N4O.Pt/c1-30-23-14-17(16-27)13-21(25(23)29-26(30)20-9-2-3-11-24(20)31)18-7-6-8-19(15-18)22-10-4-5-12-28-22;/h2-14,31H,1H3;/q-1;. The predicted molar refractivity (Wildman–Crippen MR) is 120 cm³/mol. The van der Waals surface area contributed by atoms with Crippen molar-refractivity contribution in [3.63, 3.8) is 0 Å². The third-order valence-electron chi connectivity index (χ3n) is 5.29. The smallest absolute Gasteiger partial charge is 0.143 e. The molecule has 0 aliphatic heterocycles. The molecule has 1 N–H and O–H groups in total. The van der Waals surface area contributed by atoms with Crippen LogP contribution in [0, 0.1) is 17.4 Å². The molecule has 0 aliphatic carbocycles. The van der Waals surface area contributed by atoms with Crippen molar-refractivity contribution in [3.8, 4) is 45.6 Å². The van der Waals surface area contributed by atoms with Gasteiger partial charge >= 0.3 is 0 Å². The minimum Gasteiger partial charge on any atom is -0.507 e. The van der Waals surface area contributed by atoms with Crippen LogP contribution in [0.4, 0.5) is 0 Å². The van der Waals surface area contributed by atoms with E-state index in [-0.39, 0.29) is 26.8 Å². The maximum Gasteiger partial charge on any atom is 0.143 e.